The highest BCUT2D eigenvalue weighted by atomic mass is 15.2. The van der Waals surface area contributed by atoms with Crippen molar-refractivity contribution in [3.05, 3.63) is 65.1 Å². The first-order valence-electron chi connectivity index (χ1n) is 9.66. The third kappa shape index (κ3) is 4.88. The Morgan fingerprint density at radius 1 is 1.07 bits per heavy atom. The minimum absolute atomic E-state index is 0.756. The molecule has 5 heteroatoms. The molecule has 0 fully saturated rings. The van der Waals surface area contributed by atoms with E-state index in [1.165, 1.54) is 33.2 Å². The Balaban J connectivity index is 1.56. The summed E-state index contributed by atoms with van der Waals surface area (Å²) in [5.74, 6) is 0.875. The molecule has 0 atom stereocenters. The maximum Gasteiger partial charge on any atom is 0.191 e. The van der Waals surface area contributed by atoms with Gasteiger partial charge in [-0.15, -0.1) is 0 Å². The molecule has 3 rings (SSSR count). The van der Waals surface area contributed by atoms with Crippen molar-refractivity contribution in [3.8, 4) is 0 Å². The SMILES string of the molecule is CCNC(=NCCc1ccncc1C)NCCc1c[nH]c2c(C)cccc12. The number of hydrogen-bond donors (Lipinski definition) is 3. The molecule has 2 heterocycles. The van der Waals surface area contributed by atoms with Crippen LogP contribution >= 0.6 is 0 Å². The van der Waals surface area contributed by atoms with Crippen molar-refractivity contribution in [2.24, 2.45) is 4.99 Å². The van der Waals surface area contributed by atoms with Crippen LogP contribution in [0, 0.1) is 13.8 Å². The monoisotopic (exact) mass is 363 g/mol. The molecule has 0 unspecified atom stereocenters. The summed E-state index contributed by atoms with van der Waals surface area (Å²) in [6, 6.07) is 8.52. The smallest absolute Gasteiger partial charge is 0.191 e. The fourth-order valence-corrected chi connectivity index (χ4v) is 3.30. The number of para-hydroxylation sites is 1. The van der Waals surface area contributed by atoms with Gasteiger partial charge < -0.3 is 15.6 Å². The largest absolute Gasteiger partial charge is 0.361 e. The number of fused-ring (bicyclic) bond motifs is 1. The van der Waals surface area contributed by atoms with Gasteiger partial charge in [-0.25, -0.2) is 0 Å². The number of rotatable bonds is 7. The van der Waals surface area contributed by atoms with E-state index in [-0.39, 0.29) is 0 Å². The van der Waals surface area contributed by atoms with E-state index in [0.29, 0.717) is 0 Å². The van der Waals surface area contributed by atoms with Crippen LogP contribution in [-0.4, -0.2) is 35.6 Å². The zero-order chi connectivity index (χ0) is 19.1. The van der Waals surface area contributed by atoms with E-state index in [9.17, 15) is 0 Å². The number of aromatic nitrogens is 2. The third-order valence-corrected chi connectivity index (χ3v) is 4.83. The standard InChI is InChI=1S/C22H29N5/c1-4-24-22(25-12-9-18-8-11-23-14-17(18)3)26-13-10-19-15-27-21-16(2)6-5-7-20(19)21/h5-8,11,14-15,27H,4,9-10,12-13H2,1-3H3,(H2,24,25,26). The lowest BCUT2D eigenvalue weighted by Crippen LogP contribution is -2.38. The number of nitrogens with one attached hydrogen (secondary N) is 3. The minimum Gasteiger partial charge on any atom is -0.361 e. The van der Waals surface area contributed by atoms with E-state index >= 15 is 0 Å². The summed E-state index contributed by atoms with van der Waals surface area (Å²) in [7, 11) is 0. The Morgan fingerprint density at radius 3 is 2.78 bits per heavy atom. The van der Waals surface area contributed by atoms with Crippen molar-refractivity contribution >= 4 is 16.9 Å². The van der Waals surface area contributed by atoms with Crippen LogP contribution in [0.3, 0.4) is 0 Å². The lowest BCUT2D eigenvalue weighted by Gasteiger charge is -2.11. The number of aryl methyl sites for hydroxylation is 2. The first-order chi connectivity index (χ1) is 13.2. The first-order valence-corrected chi connectivity index (χ1v) is 9.66. The van der Waals surface area contributed by atoms with Crippen molar-refractivity contribution in [2.75, 3.05) is 19.6 Å². The Labute approximate surface area is 161 Å². The van der Waals surface area contributed by atoms with Gasteiger partial charge >= 0.3 is 0 Å². The Morgan fingerprint density at radius 2 is 1.96 bits per heavy atom. The fraction of sp³-hybridized carbons (Fsp3) is 0.364. The van der Waals surface area contributed by atoms with Crippen molar-refractivity contribution in [3.63, 3.8) is 0 Å². The number of nitrogens with zero attached hydrogens (tertiary/aromatic N) is 2. The molecular formula is C22H29N5. The third-order valence-electron chi connectivity index (χ3n) is 4.83. The second-order valence-corrected chi connectivity index (χ2v) is 6.80. The molecule has 3 N–H and O–H groups in total. The molecule has 0 bridgehead atoms. The van der Waals surface area contributed by atoms with Gasteiger partial charge in [-0.3, -0.25) is 9.98 Å². The zero-order valence-electron chi connectivity index (χ0n) is 16.5. The number of benzene rings is 1. The topological polar surface area (TPSA) is 65.1 Å². The van der Waals surface area contributed by atoms with Crippen molar-refractivity contribution in [1.82, 2.24) is 20.6 Å². The molecule has 142 valence electrons. The summed E-state index contributed by atoms with van der Waals surface area (Å²) >= 11 is 0. The maximum atomic E-state index is 4.71. The highest BCUT2D eigenvalue weighted by Crippen LogP contribution is 2.21. The number of pyridine rings is 1. The molecule has 27 heavy (non-hydrogen) atoms. The zero-order valence-corrected chi connectivity index (χ0v) is 16.5. The summed E-state index contributed by atoms with van der Waals surface area (Å²) in [5, 5.41) is 8.09. The van der Waals surface area contributed by atoms with E-state index in [4.69, 9.17) is 4.99 Å². The lowest BCUT2D eigenvalue weighted by molar-refractivity contribution is 0.798. The van der Waals surface area contributed by atoms with E-state index in [1.807, 2.05) is 12.4 Å². The maximum absolute atomic E-state index is 4.71. The minimum atomic E-state index is 0.756. The fourth-order valence-electron chi connectivity index (χ4n) is 3.30. The second kappa shape index (κ2) is 9.21. The summed E-state index contributed by atoms with van der Waals surface area (Å²) < 4.78 is 0. The van der Waals surface area contributed by atoms with Crippen LogP contribution in [0.1, 0.15) is 29.2 Å². The molecule has 0 spiro atoms. The van der Waals surface area contributed by atoms with Gasteiger partial charge in [-0.1, -0.05) is 18.2 Å². The molecule has 0 saturated carbocycles. The van der Waals surface area contributed by atoms with Crippen LogP contribution in [0.2, 0.25) is 0 Å². The molecule has 0 saturated heterocycles. The average Bonchev–Trinajstić information content (AvgIpc) is 3.08. The van der Waals surface area contributed by atoms with Crippen LogP contribution in [-0.2, 0) is 12.8 Å². The van der Waals surface area contributed by atoms with Gasteiger partial charge in [0, 0.05) is 49.1 Å². The molecule has 0 aliphatic rings. The molecule has 3 aromatic rings. The highest BCUT2D eigenvalue weighted by Gasteiger charge is 2.05. The lowest BCUT2D eigenvalue weighted by atomic mass is 10.1. The van der Waals surface area contributed by atoms with Gasteiger partial charge in [-0.2, -0.15) is 0 Å². The summed E-state index contributed by atoms with van der Waals surface area (Å²) in [6.07, 6.45) is 7.75. The summed E-state index contributed by atoms with van der Waals surface area (Å²) in [4.78, 5) is 12.3. The molecule has 5 nitrogen and oxygen atoms in total. The van der Waals surface area contributed by atoms with Gasteiger partial charge in [0.25, 0.3) is 0 Å². The summed E-state index contributed by atoms with van der Waals surface area (Å²) in [5.41, 5.74) is 6.39. The van der Waals surface area contributed by atoms with E-state index in [2.05, 4.69) is 71.8 Å². The number of hydrogen-bond acceptors (Lipinski definition) is 2. The van der Waals surface area contributed by atoms with Gasteiger partial charge in [0.1, 0.15) is 0 Å². The van der Waals surface area contributed by atoms with Gasteiger partial charge in [0.05, 0.1) is 0 Å². The van der Waals surface area contributed by atoms with Crippen molar-refractivity contribution in [2.45, 2.75) is 33.6 Å². The van der Waals surface area contributed by atoms with Crippen LogP contribution in [0.4, 0.5) is 0 Å². The summed E-state index contributed by atoms with van der Waals surface area (Å²) in [6.45, 7) is 8.78. The predicted octanol–water partition coefficient (Wildman–Crippen LogP) is 3.52. The Bertz CT molecular complexity index is 910. The van der Waals surface area contributed by atoms with Gasteiger partial charge in [-0.05, 0) is 61.9 Å². The Kier molecular flexibility index (Phi) is 6.47. The first kappa shape index (κ1) is 19.0. The van der Waals surface area contributed by atoms with Gasteiger partial charge in [0.15, 0.2) is 5.96 Å². The molecular weight excluding hydrogens is 334 g/mol. The van der Waals surface area contributed by atoms with Crippen LogP contribution in [0.25, 0.3) is 10.9 Å². The van der Waals surface area contributed by atoms with Crippen molar-refractivity contribution in [1.29, 1.82) is 0 Å². The molecule has 2 aromatic heterocycles. The molecule has 0 amide bonds. The average molecular weight is 364 g/mol. The highest BCUT2D eigenvalue weighted by molar-refractivity contribution is 5.86. The molecule has 0 aliphatic heterocycles. The number of guanidine groups is 1. The van der Waals surface area contributed by atoms with Crippen LogP contribution < -0.4 is 10.6 Å². The second-order valence-electron chi connectivity index (χ2n) is 6.80. The van der Waals surface area contributed by atoms with Gasteiger partial charge in [0.2, 0.25) is 0 Å². The number of H-pyrrole nitrogens is 1. The quantitative estimate of drug-likeness (QED) is 0.444. The van der Waals surface area contributed by atoms with Crippen LogP contribution in [0.15, 0.2) is 47.8 Å². The van der Waals surface area contributed by atoms with E-state index < -0.39 is 0 Å². The predicted molar refractivity (Wildman–Crippen MR) is 113 cm³/mol. The van der Waals surface area contributed by atoms with Crippen LogP contribution in [0.5, 0.6) is 0 Å². The van der Waals surface area contributed by atoms with E-state index in [1.54, 1.807) is 0 Å². The van der Waals surface area contributed by atoms with E-state index in [0.717, 1.165) is 38.4 Å². The Hall–Kier alpha value is -2.82. The van der Waals surface area contributed by atoms with Crippen molar-refractivity contribution < 1.29 is 0 Å². The number of aromatic amines is 1. The molecule has 0 radical (unpaired) electrons. The molecule has 0 aliphatic carbocycles. The normalized spacial score (nSPS) is 11.7. The molecule has 1 aromatic carbocycles. The number of aliphatic imine (C=N–C) groups is 1.